The SMILES string of the molecule is C=C(C)c1ccccc1.C=C(C)c1ccccc1.C=C(C)c1ccccc1. The number of rotatable bonds is 3. The van der Waals surface area contributed by atoms with Gasteiger partial charge in [0.25, 0.3) is 0 Å². The van der Waals surface area contributed by atoms with Crippen molar-refractivity contribution in [3.8, 4) is 0 Å². The number of hydrogen-bond donors (Lipinski definition) is 0. The summed E-state index contributed by atoms with van der Waals surface area (Å²) < 4.78 is 0. The van der Waals surface area contributed by atoms with Gasteiger partial charge in [0.15, 0.2) is 0 Å². The first-order valence-electron chi connectivity index (χ1n) is 9.04. The van der Waals surface area contributed by atoms with Crippen LogP contribution < -0.4 is 0 Å². The summed E-state index contributed by atoms with van der Waals surface area (Å²) in [7, 11) is 0. The summed E-state index contributed by atoms with van der Waals surface area (Å²) in [5, 5.41) is 0. The van der Waals surface area contributed by atoms with Gasteiger partial charge < -0.3 is 0 Å². The minimum atomic E-state index is 1.12. The summed E-state index contributed by atoms with van der Waals surface area (Å²) in [5.74, 6) is 0. The molecule has 0 saturated carbocycles. The van der Waals surface area contributed by atoms with Crippen LogP contribution in [0.3, 0.4) is 0 Å². The molecule has 138 valence electrons. The summed E-state index contributed by atoms with van der Waals surface area (Å²) in [6.45, 7) is 17.5. The molecule has 3 rings (SSSR count). The monoisotopic (exact) mass is 354 g/mol. The van der Waals surface area contributed by atoms with Crippen LogP contribution in [0, 0.1) is 0 Å². The molecule has 0 nitrogen and oxygen atoms in total. The molecule has 0 N–H and O–H groups in total. The molecule has 0 saturated heterocycles. The van der Waals surface area contributed by atoms with Crippen LogP contribution >= 0.6 is 0 Å². The molecule has 0 heteroatoms. The molecule has 3 aromatic carbocycles. The number of hydrogen-bond acceptors (Lipinski definition) is 0. The van der Waals surface area contributed by atoms with E-state index < -0.39 is 0 Å². The maximum Gasteiger partial charge on any atom is -0.0233 e. The zero-order valence-electron chi connectivity index (χ0n) is 16.8. The molecule has 0 amide bonds. The summed E-state index contributed by atoms with van der Waals surface area (Å²) in [5.41, 5.74) is 7.02. The Labute approximate surface area is 165 Å². The summed E-state index contributed by atoms with van der Waals surface area (Å²) >= 11 is 0. The quantitative estimate of drug-likeness (QED) is 0.445. The van der Waals surface area contributed by atoms with Crippen LogP contribution in [0.1, 0.15) is 37.5 Å². The average Bonchev–Trinajstić information content (AvgIpc) is 2.71. The van der Waals surface area contributed by atoms with Crippen molar-refractivity contribution in [1.29, 1.82) is 0 Å². The first-order valence-corrected chi connectivity index (χ1v) is 9.04. The lowest BCUT2D eigenvalue weighted by Crippen LogP contribution is -1.72. The Balaban J connectivity index is 0.000000202. The third-order valence-electron chi connectivity index (χ3n) is 3.80. The molecule has 0 spiro atoms. The van der Waals surface area contributed by atoms with Gasteiger partial charge in [-0.05, 0) is 37.5 Å². The highest BCUT2D eigenvalue weighted by Gasteiger charge is 1.87. The van der Waals surface area contributed by atoms with E-state index in [4.69, 9.17) is 0 Å². The van der Waals surface area contributed by atoms with E-state index in [-0.39, 0.29) is 0 Å². The van der Waals surface area contributed by atoms with E-state index in [2.05, 4.69) is 56.1 Å². The Bertz CT molecular complexity index is 707. The second kappa shape index (κ2) is 12.3. The van der Waals surface area contributed by atoms with Gasteiger partial charge >= 0.3 is 0 Å². The Morgan fingerprint density at radius 1 is 0.407 bits per heavy atom. The van der Waals surface area contributed by atoms with E-state index in [9.17, 15) is 0 Å². The summed E-state index contributed by atoms with van der Waals surface area (Å²) in [6, 6.07) is 30.5. The lowest BCUT2D eigenvalue weighted by Gasteiger charge is -1.94. The van der Waals surface area contributed by atoms with E-state index in [1.807, 2.05) is 75.4 Å². The average molecular weight is 355 g/mol. The van der Waals surface area contributed by atoms with E-state index in [1.54, 1.807) is 0 Å². The van der Waals surface area contributed by atoms with Gasteiger partial charge in [-0.1, -0.05) is 127 Å². The molecule has 0 aliphatic carbocycles. The van der Waals surface area contributed by atoms with Crippen LogP contribution in [0.15, 0.2) is 111 Å². The molecule has 3 aromatic rings. The zero-order valence-corrected chi connectivity index (χ0v) is 16.8. The minimum Gasteiger partial charge on any atom is -0.0955 e. The van der Waals surface area contributed by atoms with Crippen molar-refractivity contribution >= 4 is 16.7 Å². The van der Waals surface area contributed by atoms with Crippen molar-refractivity contribution in [3.63, 3.8) is 0 Å². The Morgan fingerprint density at radius 3 is 0.704 bits per heavy atom. The molecule has 0 atom stereocenters. The fourth-order valence-corrected chi connectivity index (χ4v) is 2.17. The van der Waals surface area contributed by atoms with Crippen molar-refractivity contribution in [2.45, 2.75) is 20.8 Å². The molecule has 27 heavy (non-hydrogen) atoms. The highest BCUT2D eigenvalue weighted by atomic mass is 13.9. The predicted molar refractivity (Wildman–Crippen MR) is 123 cm³/mol. The van der Waals surface area contributed by atoms with Crippen molar-refractivity contribution in [3.05, 3.63) is 127 Å². The number of benzene rings is 3. The van der Waals surface area contributed by atoms with Gasteiger partial charge in [-0.25, -0.2) is 0 Å². The van der Waals surface area contributed by atoms with E-state index in [0.717, 1.165) is 16.7 Å². The second-order valence-electron chi connectivity index (χ2n) is 6.44. The van der Waals surface area contributed by atoms with E-state index >= 15 is 0 Å². The molecular weight excluding hydrogens is 324 g/mol. The van der Waals surface area contributed by atoms with Gasteiger partial charge in [-0.2, -0.15) is 0 Å². The minimum absolute atomic E-state index is 1.12. The molecule has 0 aliphatic rings. The summed E-state index contributed by atoms with van der Waals surface area (Å²) in [4.78, 5) is 0. The fourth-order valence-electron chi connectivity index (χ4n) is 2.17. The smallest absolute Gasteiger partial charge is 0.0233 e. The lowest BCUT2D eigenvalue weighted by atomic mass is 10.1. The van der Waals surface area contributed by atoms with Gasteiger partial charge in [0.1, 0.15) is 0 Å². The Hall–Kier alpha value is -3.12. The first-order chi connectivity index (χ1) is 12.9. The van der Waals surface area contributed by atoms with Crippen LogP contribution in [0.4, 0.5) is 0 Å². The standard InChI is InChI=1S/3C9H10/c3*1-8(2)9-6-4-3-5-7-9/h3*3-7H,1H2,2H3. The Kier molecular flexibility index (Phi) is 9.96. The van der Waals surface area contributed by atoms with E-state index in [0.29, 0.717) is 0 Å². The van der Waals surface area contributed by atoms with Gasteiger partial charge in [-0.3, -0.25) is 0 Å². The van der Waals surface area contributed by atoms with Gasteiger partial charge in [0, 0.05) is 0 Å². The molecule has 0 bridgehead atoms. The maximum absolute atomic E-state index is 3.83. The molecule has 0 radical (unpaired) electrons. The predicted octanol–water partition coefficient (Wildman–Crippen LogP) is 8.16. The van der Waals surface area contributed by atoms with Crippen LogP contribution in [-0.2, 0) is 0 Å². The first kappa shape index (κ1) is 21.9. The fraction of sp³-hybridized carbons (Fsp3) is 0.111. The highest BCUT2D eigenvalue weighted by molar-refractivity contribution is 5.61. The van der Waals surface area contributed by atoms with Crippen molar-refractivity contribution < 1.29 is 0 Å². The highest BCUT2D eigenvalue weighted by Crippen LogP contribution is 2.10. The van der Waals surface area contributed by atoms with Crippen molar-refractivity contribution in [1.82, 2.24) is 0 Å². The van der Waals surface area contributed by atoms with Crippen molar-refractivity contribution in [2.24, 2.45) is 0 Å². The maximum atomic E-state index is 3.83. The zero-order chi connectivity index (χ0) is 20.1. The third-order valence-corrected chi connectivity index (χ3v) is 3.80. The van der Waals surface area contributed by atoms with Crippen LogP contribution in [-0.4, -0.2) is 0 Å². The molecule has 0 aliphatic heterocycles. The topological polar surface area (TPSA) is 0 Å². The third kappa shape index (κ3) is 9.23. The Morgan fingerprint density at radius 2 is 0.593 bits per heavy atom. The second-order valence-corrected chi connectivity index (χ2v) is 6.44. The van der Waals surface area contributed by atoms with Gasteiger partial charge in [-0.15, -0.1) is 0 Å². The molecular formula is C27H30. The molecule has 0 heterocycles. The van der Waals surface area contributed by atoms with Gasteiger partial charge in [0.2, 0.25) is 0 Å². The van der Waals surface area contributed by atoms with E-state index in [1.165, 1.54) is 16.7 Å². The molecule has 0 aromatic heterocycles. The molecule has 0 unspecified atom stereocenters. The largest absolute Gasteiger partial charge is 0.0955 e. The van der Waals surface area contributed by atoms with Gasteiger partial charge in [0.05, 0.1) is 0 Å². The van der Waals surface area contributed by atoms with Crippen LogP contribution in [0.2, 0.25) is 0 Å². The number of allylic oxidation sites excluding steroid dienone is 3. The lowest BCUT2D eigenvalue weighted by molar-refractivity contribution is 1.58. The van der Waals surface area contributed by atoms with Crippen LogP contribution in [0.5, 0.6) is 0 Å². The summed E-state index contributed by atoms with van der Waals surface area (Å²) in [6.07, 6.45) is 0. The van der Waals surface area contributed by atoms with Crippen LogP contribution in [0.25, 0.3) is 16.7 Å². The molecule has 0 fully saturated rings. The normalized spacial score (nSPS) is 9.00. The van der Waals surface area contributed by atoms with Crippen molar-refractivity contribution in [2.75, 3.05) is 0 Å².